The molecule has 0 radical (unpaired) electrons. The zero-order valence-corrected chi connectivity index (χ0v) is 13.3. The maximum atomic E-state index is 12.2. The summed E-state index contributed by atoms with van der Waals surface area (Å²) in [5.74, 6) is -0.146. The molecule has 21 heavy (non-hydrogen) atoms. The summed E-state index contributed by atoms with van der Waals surface area (Å²) in [6.07, 6.45) is 3.39. The first-order valence-electron chi connectivity index (χ1n) is 7.08. The summed E-state index contributed by atoms with van der Waals surface area (Å²) >= 11 is 1.38. The fourth-order valence-corrected chi connectivity index (χ4v) is 3.57. The Morgan fingerprint density at radius 2 is 2.14 bits per heavy atom. The van der Waals surface area contributed by atoms with E-state index in [0.29, 0.717) is 17.0 Å². The second-order valence-electron chi connectivity index (χ2n) is 5.43. The maximum Gasteiger partial charge on any atom is 0.261 e. The third kappa shape index (κ3) is 3.96. The van der Waals surface area contributed by atoms with Crippen LogP contribution in [0.4, 0.5) is 0 Å². The largest absolute Gasteiger partial charge is 0.342 e. The lowest BCUT2D eigenvalue weighted by molar-refractivity contribution is -0.130. The van der Waals surface area contributed by atoms with E-state index in [1.54, 1.807) is 6.07 Å². The van der Waals surface area contributed by atoms with Crippen LogP contribution in [-0.2, 0) is 4.79 Å². The zero-order valence-electron chi connectivity index (χ0n) is 11.7. The van der Waals surface area contributed by atoms with Crippen LogP contribution in [0.2, 0.25) is 0 Å². The van der Waals surface area contributed by atoms with Crippen LogP contribution < -0.4 is 10.6 Å². The van der Waals surface area contributed by atoms with Crippen molar-refractivity contribution in [3.63, 3.8) is 0 Å². The maximum absolute atomic E-state index is 12.2. The Bertz CT molecular complexity index is 494. The molecule has 7 heteroatoms. The van der Waals surface area contributed by atoms with Crippen LogP contribution in [0.3, 0.4) is 0 Å². The highest BCUT2D eigenvalue weighted by Crippen LogP contribution is 2.20. The molecule has 116 valence electrons. The molecule has 1 aromatic heterocycles. The van der Waals surface area contributed by atoms with Gasteiger partial charge in [0, 0.05) is 25.2 Å². The Kier molecular flexibility index (Phi) is 5.61. The number of nitrogens with one attached hydrogen (secondary N) is 2. The van der Waals surface area contributed by atoms with E-state index in [9.17, 15) is 9.59 Å². The summed E-state index contributed by atoms with van der Waals surface area (Å²) in [5.41, 5.74) is 0. The monoisotopic (exact) mass is 329 g/mol. The van der Waals surface area contributed by atoms with Crippen molar-refractivity contribution in [1.82, 2.24) is 15.5 Å². The fraction of sp³-hybridized carbons (Fsp3) is 0.571. The number of amides is 2. The topological polar surface area (TPSA) is 61.4 Å². The SMILES string of the molecule is Cl.O=C(NCC(=O)N1CCC2CCC(C1)N2)c1cccs1. The average molecular weight is 330 g/mol. The molecule has 1 aromatic rings. The Balaban J connectivity index is 0.00000161. The highest BCUT2D eigenvalue weighted by molar-refractivity contribution is 7.12. The third-order valence-electron chi connectivity index (χ3n) is 4.02. The predicted molar refractivity (Wildman–Crippen MR) is 85.0 cm³/mol. The number of thiophene rings is 1. The minimum absolute atomic E-state index is 0. The highest BCUT2D eigenvalue weighted by atomic mass is 35.5. The lowest BCUT2D eigenvalue weighted by Crippen LogP contribution is -2.44. The van der Waals surface area contributed by atoms with E-state index in [0.717, 1.165) is 25.9 Å². The third-order valence-corrected chi connectivity index (χ3v) is 4.89. The highest BCUT2D eigenvalue weighted by Gasteiger charge is 2.31. The van der Waals surface area contributed by atoms with Crippen molar-refractivity contribution in [1.29, 1.82) is 0 Å². The molecule has 2 amide bonds. The lowest BCUT2D eigenvalue weighted by atomic mass is 10.1. The second kappa shape index (κ2) is 7.24. The molecule has 2 aliphatic rings. The zero-order chi connectivity index (χ0) is 13.9. The molecule has 2 saturated heterocycles. The van der Waals surface area contributed by atoms with Gasteiger partial charge in [0.15, 0.2) is 0 Å². The Morgan fingerprint density at radius 3 is 2.90 bits per heavy atom. The molecule has 0 aliphatic carbocycles. The van der Waals surface area contributed by atoms with Gasteiger partial charge in [0.2, 0.25) is 5.91 Å². The van der Waals surface area contributed by atoms with E-state index < -0.39 is 0 Å². The van der Waals surface area contributed by atoms with Crippen LogP contribution in [-0.4, -0.2) is 48.4 Å². The molecule has 2 unspecified atom stereocenters. The first-order chi connectivity index (χ1) is 9.72. The minimum Gasteiger partial charge on any atom is -0.342 e. The number of rotatable bonds is 3. The van der Waals surface area contributed by atoms with Gasteiger partial charge in [0.1, 0.15) is 0 Å². The normalized spacial score (nSPS) is 24.1. The number of hydrogen-bond donors (Lipinski definition) is 2. The number of halogens is 1. The van der Waals surface area contributed by atoms with Crippen molar-refractivity contribution < 1.29 is 9.59 Å². The van der Waals surface area contributed by atoms with Gasteiger partial charge in [-0.05, 0) is 30.7 Å². The van der Waals surface area contributed by atoms with Crippen LogP contribution in [0.5, 0.6) is 0 Å². The van der Waals surface area contributed by atoms with Gasteiger partial charge in [-0.1, -0.05) is 6.07 Å². The van der Waals surface area contributed by atoms with Crippen LogP contribution in [0.1, 0.15) is 28.9 Å². The molecule has 3 heterocycles. The van der Waals surface area contributed by atoms with Gasteiger partial charge in [-0.2, -0.15) is 0 Å². The quantitative estimate of drug-likeness (QED) is 0.877. The number of nitrogens with zero attached hydrogens (tertiary/aromatic N) is 1. The molecule has 2 bridgehead atoms. The van der Waals surface area contributed by atoms with Crippen molar-refractivity contribution in [3.8, 4) is 0 Å². The van der Waals surface area contributed by atoms with Gasteiger partial charge in [0.05, 0.1) is 11.4 Å². The van der Waals surface area contributed by atoms with Gasteiger partial charge < -0.3 is 15.5 Å². The smallest absolute Gasteiger partial charge is 0.261 e. The molecule has 2 atom stereocenters. The number of fused-ring (bicyclic) bond motifs is 2. The van der Waals surface area contributed by atoms with Crippen LogP contribution in [0, 0.1) is 0 Å². The van der Waals surface area contributed by atoms with Gasteiger partial charge in [-0.25, -0.2) is 0 Å². The minimum atomic E-state index is -0.164. The first kappa shape index (κ1) is 16.3. The van der Waals surface area contributed by atoms with Gasteiger partial charge >= 0.3 is 0 Å². The number of carbonyl (C=O) groups excluding carboxylic acids is 2. The van der Waals surface area contributed by atoms with E-state index in [4.69, 9.17) is 0 Å². The van der Waals surface area contributed by atoms with Gasteiger partial charge in [-0.3, -0.25) is 9.59 Å². The molecule has 2 N–H and O–H groups in total. The molecule has 5 nitrogen and oxygen atoms in total. The molecule has 0 aromatic carbocycles. The molecular formula is C14H20ClN3O2S. The average Bonchev–Trinajstić information content (AvgIpc) is 3.05. The summed E-state index contributed by atoms with van der Waals surface area (Å²) in [6, 6.07) is 4.59. The van der Waals surface area contributed by atoms with Gasteiger partial charge in [0.25, 0.3) is 5.91 Å². The second-order valence-corrected chi connectivity index (χ2v) is 6.37. The predicted octanol–water partition coefficient (Wildman–Crippen LogP) is 1.25. The summed E-state index contributed by atoms with van der Waals surface area (Å²) in [6.45, 7) is 1.65. The fourth-order valence-electron chi connectivity index (χ4n) is 2.93. The standard InChI is InChI=1S/C14H19N3O2S.ClH/c18-13(8-15-14(19)12-2-1-7-20-12)17-6-5-10-3-4-11(9-17)16-10;/h1-2,7,10-11,16H,3-6,8-9H2,(H,15,19);1H. The van der Waals surface area contributed by atoms with E-state index in [-0.39, 0.29) is 30.8 Å². The van der Waals surface area contributed by atoms with Crippen LogP contribution in [0.25, 0.3) is 0 Å². The first-order valence-corrected chi connectivity index (χ1v) is 7.96. The van der Waals surface area contributed by atoms with Crippen molar-refractivity contribution >= 4 is 35.6 Å². The van der Waals surface area contributed by atoms with E-state index in [1.807, 2.05) is 16.3 Å². The number of likely N-dealkylation sites (tertiary alicyclic amines) is 1. The Labute approximate surface area is 134 Å². The Hall–Kier alpha value is -1.11. The molecule has 2 fully saturated rings. The molecule has 0 spiro atoms. The molecule has 0 saturated carbocycles. The van der Waals surface area contributed by atoms with Crippen LogP contribution >= 0.6 is 23.7 Å². The molecule has 3 rings (SSSR count). The van der Waals surface area contributed by atoms with E-state index in [2.05, 4.69) is 10.6 Å². The molecular weight excluding hydrogens is 310 g/mol. The Morgan fingerprint density at radius 1 is 1.33 bits per heavy atom. The summed E-state index contributed by atoms with van der Waals surface area (Å²) in [7, 11) is 0. The summed E-state index contributed by atoms with van der Waals surface area (Å²) in [5, 5.41) is 8.11. The van der Waals surface area contributed by atoms with Crippen LogP contribution in [0.15, 0.2) is 17.5 Å². The van der Waals surface area contributed by atoms with Crippen molar-refractivity contribution in [2.75, 3.05) is 19.6 Å². The van der Waals surface area contributed by atoms with Crippen molar-refractivity contribution in [2.24, 2.45) is 0 Å². The van der Waals surface area contributed by atoms with Crippen molar-refractivity contribution in [3.05, 3.63) is 22.4 Å². The number of carbonyl (C=O) groups is 2. The van der Waals surface area contributed by atoms with Crippen molar-refractivity contribution in [2.45, 2.75) is 31.3 Å². The van der Waals surface area contributed by atoms with Gasteiger partial charge in [-0.15, -0.1) is 23.7 Å². The summed E-state index contributed by atoms with van der Waals surface area (Å²) in [4.78, 5) is 26.5. The van der Waals surface area contributed by atoms with E-state index in [1.165, 1.54) is 17.8 Å². The number of hydrogen-bond acceptors (Lipinski definition) is 4. The van der Waals surface area contributed by atoms with E-state index >= 15 is 0 Å². The molecule has 2 aliphatic heterocycles. The lowest BCUT2D eigenvalue weighted by Gasteiger charge is -2.24. The summed E-state index contributed by atoms with van der Waals surface area (Å²) < 4.78 is 0.